The van der Waals surface area contributed by atoms with Crippen molar-refractivity contribution < 1.29 is 14.2 Å². The molecule has 0 saturated carbocycles. The normalized spacial score (nSPS) is 33.0. The van der Waals surface area contributed by atoms with Gasteiger partial charge in [0.1, 0.15) is 0 Å². The second kappa shape index (κ2) is 4.60. The van der Waals surface area contributed by atoms with E-state index in [1.807, 2.05) is 27.7 Å². The molecule has 0 aromatic heterocycles. The molecule has 3 heteroatoms. The highest BCUT2D eigenvalue weighted by Crippen LogP contribution is 2.23. The fraction of sp³-hybridized carbons (Fsp3) is 1.00. The first kappa shape index (κ1) is 12.0. The molecule has 1 heterocycles. The second-order valence-electron chi connectivity index (χ2n) is 4.68. The summed E-state index contributed by atoms with van der Waals surface area (Å²) in [6.07, 6.45) is 1.50. The molecule has 0 N–H and O–H groups in total. The predicted octanol–water partition coefficient (Wildman–Crippen LogP) is 2.34. The maximum atomic E-state index is 5.73. The lowest BCUT2D eigenvalue weighted by Gasteiger charge is -2.25. The van der Waals surface area contributed by atoms with Crippen LogP contribution in [-0.2, 0) is 14.2 Å². The van der Waals surface area contributed by atoms with Crippen molar-refractivity contribution in [3.63, 3.8) is 0 Å². The van der Waals surface area contributed by atoms with E-state index in [-0.39, 0.29) is 18.3 Å². The number of ether oxygens (including phenoxy) is 3. The lowest BCUT2D eigenvalue weighted by atomic mass is 10.2. The third-order valence-corrected chi connectivity index (χ3v) is 2.16. The van der Waals surface area contributed by atoms with Crippen LogP contribution in [0.2, 0.25) is 0 Å². The van der Waals surface area contributed by atoms with Gasteiger partial charge in [0, 0.05) is 6.42 Å². The molecule has 84 valence electrons. The van der Waals surface area contributed by atoms with Gasteiger partial charge in [0.2, 0.25) is 0 Å². The Hall–Kier alpha value is -0.120. The quantitative estimate of drug-likeness (QED) is 0.688. The van der Waals surface area contributed by atoms with Crippen LogP contribution in [-0.4, -0.2) is 30.7 Å². The molecule has 0 amide bonds. The van der Waals surface area contributed by atoms with E-state index in [0.717, 1.165) is 6.42 Å². The molecule has 0 aliphatic carbocycles. The molecule has 1 saturated heterocycles. The fourth-order valence-electron chi connectivity index (χ4n) is 1.78. The summed E-state index contributed by atoms with van der Waals surface area (Å²) < 4.78 is 17.1. The molecule has 0 spiro atoms. The van der Waals surface area contributed by atoms with Crippen LogP contribution in [0.1, 0.15) is 41.0 Å². The number of rotatable bonds is 2. The molecule has 1 rings (SSSR count). The van der Waals surface area contributed by atoms with Gasteiger partial charge in [0.05, 0.1) is 24.9 Å². The molecular weight excluding hydrogens is 180 g/mol. The Morgan fingerprint density at radius 3 is 2.57 bits per heavy atom. The van der Waals surface area contributed by atoms with Crippen LogP contribution in [0.3, 0.4) is 0 Å². The minimum Gasteiger partial charge on any atom is -0.373 e. The fourth-order valence-corrected chi connectivity index (χ4v) is 1.78. The van der Waals surface area contributed by atoms with E-state index >= 15 is 0 Å². The Balaban J connectivity index is 2.49. The van der Waals surface area contributed by atoms with Crippen molar-refractivity contribution in [3.05, 3.63) is 0 Å². The van der Waals surface area contributed by atoms with E-state index in [9.17, 15) is 0 Å². The van der Waals surface area contributed by atoms with Gasteiger partial charge in [-0.15, -0.1) is 0 Å². The number of hydrogen-bond acceptors (Lipinski definition) is 3. The molecular formula is C11H22O3. The van der Waals surface area contributed by atoms with Crippen LogP contribution >= 0.6 is 0 Å². The van der Waals surface area contributed by atoms with Crippen LogP contribution in [0.25, 0.3) is 0 Å². The van der Waals surface area contributed by atoms with Crippen molar-refractivity contribution in [3.8, 4) is 0 Å². The lowest BCUT2D eigenvalue weighted by Crippen LogP contribution is -2.30. The van der Waals surface area contributed by atoms with Crippen molar-refractivity contribution in [1.82, 2.24) is 0 Å². The lowest BCUT2D eigenvalue weighted by molar-refractivity contribution is -0.222. The minimum absolute atomic E-state index is 0.159. The maximum absolute atomic E-state index is 5.73. The van der Waals surface area contributed by atoms with Crippen LogP contribution in [0.15, 0.2) is 0 Å². The first-order valence-electron chi connectivity index (χ1n) is 5.36. The highest BCUT2D eigenvalue weighted by molar-refractivity contribution is 4.71. The largest absolute Gasteiger partial charge is 0.373 e. The van der Waals surface area contributed by atoms with Gasteiger partial charge in [-0.1, -0.05) is 0 Å². The van der Waals surface area contributed by atoms with Crippen molar-refractivity contribution in [1.29, 1.82) is 0 Å². The van der Waals surface area contributed by atoms with E-state index in [0.29, 0.717) is 6.61 Å². The van der Waals surface area contributed by atoms with Crippen molar-refractivity contribution >= 4 is 0 Å². The minimum atomic E-state index is -0.478. The summed E-state index contributed by atoms with van der Waals surface area (Å²) in [6.45, 7) is 10.7. The van der Waals surface area contributed by atoms with Gasteiger partial charge >= 0.3 is 0 Å². The Labute approximate surface area is 86.7 Å². The van der Waals surface area contributed by atoms with Crippen LogP contribution in [0.4, 0.5) is 0 Å². The molecule has 0 bridgehead atoms. The zero-order chi connectivity index (χ0) is 10.8. The van der Waals surface area contributed by atoms with Gasteiger partial charge in [-0.05, 0) is 34.6 Å². The van der Waals surface area contributed by atoms with Crippen LogP contribution in [0.5, 0.6) is 0 Å². The van der Waals surface area contributed by atoms with Crippen molar-refractivity contribution in [2.75, 3.05) is 6.61 Å². The first-order chi connectivity index (χ1) is 6.39. The molecule has 2 atom stereocenters. The predicted molar refractivity (Wildman–Crippen MR) is 55.2 cm³/mol. The molecule has 14 heavy (non-hydrogen) atoms. The molecule has 0 radical (unpaired) electrons. The maximum Gasteiger partial charge on any atom is 0.163 e. The van der Waals surface area contributed by atoms with Gasteiger partial charge in [0.15, 0.2) is 5.79 Å². The van der Waals surface area contributed by atoms with Crippen molar-refractivity contribution in [2.24, 2.45) is 0 Å². The average molecular weight is 202 g/mol. The zero-order valence-electron chi connectivity index (χ0n) is 9.87. The summed E-state index contributed by atoms with van der Waals surface area (Å²) in [5.41, 5.74) is 0. The molecule has 3 nitrogen and oxygen atoms in total. The molecule has 1 aliphatic rings. The van der Waals surface area contributed by atoms with Gasteiger partial charge in [-0.2, -0.15) is 0 Å². The summed E-state index contributed by atoms with van der Waals surface area (Å²) in [5, 5.41) is 0. The third kappa shape index (κ3) is 3.95. The van der Waals surface area contributed by atoms with E-state index in [2.05, 4.69) is 6.92 Å². The van der Waals surface area contributed by atoms with Gasteiger partial charge in [-0.25, -0.2) is 0 Å². The standard InChI is InChI=1S/C11H22O3/c1-8(2)13-10-6-9(3)14-11(4,5)12-7-10/h8-10H,6-7H2,1-5H3. The Morgan fingerprint density at radius 2 is 2.00 bits per heavy atom. The Bertz CT molecular complexity index is 177. The van der Waals surface area contributed by atoms with Gasteiger partial charge in [0.25, 0.3) is 0 Å². The zero-order valence-corrected chi connectivity index (χ0v) is 9.87. The Morgan fingerprint density at radius 1 is 1.36 bits per heavy atom. The summed E-state index contributed by atoms with van der Waals surface area (Å²) in [5.74, 6) is -0.478. The van der Waals surface area contributed by atoms with E-state index in [1.165, 1.54) is 0 Å². The summed E-state index contributed by atoms with van der Waals surface area (Å²) in [6, 6.07) is 0. The van der Waals surface area contributed by atoms with Crippen LogP contribution < -0.4 is 0 Å². The van der Waals surface area contributed by atoms with Gasteiger partial charge in [-0.3, -0.25) is 0 Å². The monoisotopic (exact) mass is 202 g/mol. The third-order valence-electron chi connectivity index (χ3n) is 2.16. The first-order valence-corrected chi connectivity index (χ1v) is 5.36. The molecule has 0 aromatic carbocycles. The van der Waals surface area contributed by atoms with E-state index in [1.54, 1.807) is 0 Å². The van der Waals surface area contributed by atoms with Gasteiger partial charge < -0.3 is 14.2 Å². The van der Waals surface area contributed by atoms with E-state index in [4.69, 9.17) is 14.2 Å². The van der Waals surface area contributed by atoms with Crippen LogP contribution in [0, 0.1) is 0 Å². The summed E-state index contributed by atoms with van der Waals surface area (Å²) in [4.78, 5) is 0. The second-order valence-corrected chi connectivity index (χ2v) is 4.68. The summed E-state index contributed by atoms with van der Waals surface area (Å²) in [7, 11) is 0. The highest BCUT2D eigenvalue weighted by Gasteiger charge is 2.30. The SMILES string of the molecule is CC(C)OC1COC(C)(C)OC(C)C1. The number of hydrogen-bond donors (Lipinski definition) is 0. The molecule has 2 unspecified atom stereocenters. The topological polar surface area (TPSA) is 27.7 Å². The molecule has 0 aromatic rings. The molecule has 1 aliphatic heterocycles. The Kier molecular flexibility index (Phi) is 3.93. The average Bonchev–Trinajstić information content (AvgIpc) is 2.08. The summed E-state index contributed by atoms with van der Waals surface area (Å²) >= 11 is 0. The molecule has 1 fully saturated rings. The highest BCUT2D eigenvalue weighted by atomic mass is 16.7. The van der Waals surface area contributed by atoms with E-state index < -0.39 is 5.79 Å². The smallest absolute Gasteiger partial charge is 0.163 e. The van der Waals surface area contributed by atoms with Crippen molar-refractivity contribution in [2.45, 2.75) is 65.1 Å².